The van der Waals surface area contributed by atoms with Crippen LogP contribution in [-0.2, 0) is 17.8 Å². The third-order valence-corrected chi connectivity index (χ3v) is 6.76. The molecular weight excluding hydrogens is 401 g/mol. The number of carbonyl (C=O) groups is 1. The van der Waals surface area contributed by atoms with Crippen molar-refractivity contribution in [1.29, 1.82) is 0 Å². The van der Waals surface area contributed by atoms with Gasteiger partial charge in [0.1, 0.15) is 0 Å². The second-order valence-corrected chi connectivity index (χ2v) is 8.37. The number of amides is 1. The maximum Gasteiger partial charge on any atom is 0.224 e. The van der Waals surface area contributed by atoms with Gasteiger partial charge in [0.2, 0.25) is 5.91 Å². The van der Waals surface area contributed by atoms with Gasteiger partial charge < -0.3 is 10.2 Å². The lowest BCUT2D eigenvalue weighted by molar-refractivity contribution is -0.132. The Morgan fingerprint density at radius 2 is 2.11 bits per heavy atom. The highest BCUT2D eigenvalue weighted by Gasteiger charge is 2.27. The van der Waals surface area contributed by atoms with E-state index in [1.54, 1.807) is 0 Å². The molecule has 0 aliphatic carbocycles. The third kappa shape index (κ3) is 4.66. The Morgan fingerprint density at radius 1 is 1.26 bits per heavy atom. The Hall–Kier alpha value is -1.11. The van der Waals surface area contributed by atoms with Crippen molar-refractivity contribution < 1.29 is 4.79 Å². The molecule has 3 heterocycles. The molecule has 0 radical (unpaired) electrons. The zero-order valence-corrected chi connectivity index (χ0v) is 17.6. The molecule has 2 aliphatic heterocycles. The first-order valence-electron chi connectivity index (χ1n) is 9.24. The van der Waals surface area contributed by atoms with E-state index in [4.69, 9.17) is 11.6 Å². The highest BCUT2D eigenvalue weighted by Crippen LogP contribution is 2.29. The van der Waals surface area contributed by atoms with Gasteiger partial charge in [-0.1, -0.05) is 29.8 Å². The van der Waals surface area contributed by atoms with Crippen LogP contribution in [0.1, 0.15) is 28.5 Å². The van der Waals surface area contributed by atoms with Gasteiger partial charge >= 0.3 is 0 Å². The number of piperazine rings is 1. The summed E-state index contributed by atoms with van der Waals surface area (Å²) >= 11 is 8.22. The minimum atomic E-state index is 0. The Kier molecular flexibility index (Phi) is 7.17. The molecule has 1 aromatic heterocycles. The predicted molar refractivity (Wildman–Crippen MR) is 114 cm³/mol. The fraction of sp³-hybridized carbons (Fsp3) is 0.450. The van der Waals surface area contributed by atoms with E-state index in [0.29, 0.717) is 6.42 Å². The van der Waals surface area contributed by atoms with Crippen molar-refractivity contribution in [3.05, 3.63) is 56.7 Å². The van der Waals surface area contributed by atoms with Gasteiger partial charge in [0, 0.05) is 61.6 Å². The lowest BCUT2D eigenvalue weighted by atomic mass is 10.0. The van der Waals surface area contributed by atoms with E-state index < -0.39 is 0 Å². The zero-order chi connectivity index (χ0) is 17.9. The monoisotopic (exact) mass is 425 g/mol. The molecule has 1 fully saturated rings. The molecule has 27 heavy (non-hydrogen) atoms. The molecule has 4 rings (SSSR count). The molecule has 1 unspecified atom stereocenters. The van der Waals surface area contributed by atoms with Gasteiger partial charge in [0.05, 0.1) is 0 Å². The first-order chi connectivity index (χ1) is 12.7. The second-order valence-electron chi connectivity index (χ2n) is 6.96. The van der Waals surface area contributed by atoms with Crippen LogP contribution in [0.5, 0.6) is 0 Å². The van der Waals surface area contributed by atoms with Crippen molar-refractivity contribution in [2.45, 2.75) is 25.4 Å². The Morgan fingerprint density at radius 3 is 2.96 bits per heavy atom. The van der Waals surface area contributed by atoms with Gasteiger partial charge in [-0.15, -0.1) is 23.7 Å². The normalized spacial score (nSPS) is 20.0. The Bertz CT molecular complexity index is 782. The molecule has 0 bridgehead atoms. The summed E-state index contributed by atoms with van der Waals surface area (Å²) in [6.45, 7) is 5.17. The van der Waals surface area contributed by atoms with Crippen molar-refractivity contribution in [3.63, 3.8) is 0 Å². The number of thiophene rings is 1. The highest BCUT2D eigenvalue weighted by molar-refractivity contribution is 7.10. The van der Waals surface area contributed by atoms with Gasteiger partial charge in [-0.25, -0.2) is 0 Å². The molecule has 0 saturated carbocycles. The fourth-order valence-corrected chi connectivity index (χ4v) is 5.08. The van der Waals surface area contributed by atoms with Crippen LogP contribution in [0.4, 0.5) is 0 Å². The molecule has 1 N–H and O–H groups in total. The smallest absolute Gasteiger partial charge is 0.224 e. The highest BCUT2D eigenvalue weighted by atomic mass is 35.5. The van der Waals surface area contributed by atoms with Crippen LogP contribution in [0.3, 0.4) is 0 Å². The summed E-state index contributed by atoms with van der Waals surface area (Å²) in [5.41, 5.74) is 2.47. The van der Waals surface area contributed by atoms with Gasteiger partial charge in [0.15, 0.2) is 0 Å². The molecule has 1 aromatic carbocycles. The van der Waals surface area contributed by atoms with Crippen LogP contribution in [0.15, 0.2) is 35.7 Å². The number of benzene rings is 1. The van der Waals surface area contributed by atoms with Gasteiger partial charge in [0.25, 0.3) is 0 Å². The van der Waals surface area contributed by atoms with Crippen molar-refractivity contribution in [2.24, 2.45) is 0 Å². The van der Waals surface area contributed by atoms with Crippen LogP contribution < -0.4 is 5.32 Å². The molecule has 2 aromatic rings. The van der Waals surface area contributed by atoms with E-state index in [0.717, 1.165) is 56.3 Å². The van der Waals surface area contributed by atoms with Gasteiger partial charge in [-0.3, -0.25) is 9.69 Å². The summed E-state index contributed by atoms with van der Waals surface area (Å²) in [5, 5.41) is 6.39. The number of fused-ring (bicyclic) bond motifs is 1. The van der Waals surface area contributed by atoms with E-state index in [9.17, 15) is 4.79 Å². The molecular formula is C20H25Cl2N3OS. The lowest BCUT2D eigenvalue weighted by Crippen LogP contribution is -2.47. The second kappa shape index (κ2) is 9.39. The SMILES string of the molecule is Cl.O=C(CCN1CCNCC1c1ccccc1Cl)N1CCc2sccc2C1. The van der Waals surface area contributed by atoms with E-state index in [2.05, 4.69) is 27.7 Å². The topological polar surface area (TPSA) is 35.6 Å². The van der Waals surface area contributed by atoms with Crippen LogP contribution in [-0.4, -0.2) is 48.4 Å². The standard InChI is InChI=1S/C20H24ClN3OS.ClH/c21-17-4-2-1-3-16(17)18-13-22-8-11-23(18)10-6-20(25)24-9-5-19-15(14-24)7-12-26-19;/h1-4,7,12,18,22H,5-6,8-11,13-14H2;1H. The van der Waals surface area contributed by atoms with Crippen molar-refractivity contribution in [3.8, 4) is 0 Å². The number of nitrogens with one attached hydrogen (secondary N) is 1. The number of nitrogens with zero attached hydrogens (tertiary/aromatic N) is 2. The summed E-state index contributed by atoms with van der Waals surface area (Å²) < 4.78 is 0. The first-order valence-corrected chi connectivity index (χ1v) is 10.5. The first kappa shape index (κ1) is 20.6. The maximum absolute atomic E-state index is 12.7. The van der Waals surface area contributed by atoms with E-state index in [1.165, 1.54) is 10.4 Å². The average Bonchev–Trinajstić information content (AvgIpc) is 3.14. The van der Waals surface area contributed by atoms with Crippen LogP contribution in [0, 0.1) is 0 Å². The summed E-state index contributed by atoms with van der Waals surface area (Å²) in [6, 6.07) is 10.4. The van der Waals surface area contributed by atoms with Gasteiger partial charge in [-0.2, -0.15) is 0 Å². The molecule has 2 aliphatic rings. The van der Waals surface area contributed by atoms with Crippen molar-refractivity contribution in [2.75, 3.05) is 32.7 Å². The predicted octanol–water partition coefficient (Wildman–Crippen LogP) is 3.74. The number of rotatable bonds is 4. The quantitative estimate of drug-likeness (QED) is 0.809. The minimum Gasteiger partial charge on any atom is -0.338 e. The summed E-state index contributed by atoms with van der Waals surface area (Å²) in [5.74, 6) is 0.262. The Balaban J connectivity index is 0.00000210. The number of halogens is 2. The lowest BCUT2D eigenvalue weighted by Gasteiger charge is -2.37. The third-order valence-electron chi connectivity index (χ3n) is 5.39. The van der Waals surface area contributed by atoms with Crippen molar-refractivity contribution in [1.82, 2.24) is 15.1 Å². The number of hydrogen-bond donors (Lipinski definition) is 1. The fourth-order valence-electron chi connectivity index (χ4n) is 3.92. The molecule has 1 amide bonds. The maximum atomic E-state index is 12.7. The zero-order valence-electron chi connectivity index (χ0n) is 15.2. The number of carbonyl (C=O) groups excluding carboxylic acids is 1. The Labute approximate surface area is 175 Å². The van der Waals surface area contributed by atoms with Crippen LogP contribution >= 0.6 is 35.3 Å². The van der Waals surface area contributed by atoms with Crippen molar-refractivity contribution >= 4 is 41.3 Å². The van der Waals surface area contributed by atoms with Gasteiger partial charge in [-0.05, 0) is 35.1 Å². The number of hydrogen-bond acceptors (Lipinski definition) is 4. The van der Waals surface area contributed by atoms with E-state index >= 15 is 0 Å². The average molecular weight is 426 g/mol. The molecule has 7 heteroatoms. The summed E-state index contributed by atoms with van der Waals surface area (Å²) in [4.78, 5) is 18.6. The van der Waals surface area contributed by atoms with Crippen LogP contribution in [0.25, 0.3) is 0 Å². The van der Waals surface area contributed by atoms with Crippen LogP contribution in [0.2, 0.25) is 5.02 Å². The summed E-state index contributed by atoms with van der Waals surface area (Å²) in [7, 11) is 0. The molecule has 146 valence electrons. The molecule has 4 nitrogen and oxygen atoms in total. The molecule has 0 spiro atoms. The molecule has 1 saturated heterocycles. The van der Waals surface area contributed by atoms with E-state index in [-0.39, 0.29) is 24.4 Å². The largest absolute Gasteiger partial charge is 0.338 e. The van der Waals surface area contributed by atoms with E-state index in [1.807, 2.05) is 34.4 Å². The minimum absolute atomic E-state index is 0. The molecule has 1 atom stereocenters. The summed E-state index contributed by atoms with van der Waals surface area (Å²) in [6.07, 6.45) is 1.56.